The van der Waals surface area contributed by atoms with Gasteiger partial charge in [0.15, 0.2) is 0 Å². The number of nitrogens with zero attached hydrogens (tertiary/aromatic N) is 4. The van der Waals surface area contributed by atoms with Crippen LogP contribution >= 0.6 is 0 Å². The number of aryl methyl sites for hydroxylation is 2. The number of anilines is 1. The number of aromatic nitrogens is 4. The fourth-order valence-electron chi connectivity index (χ4n) is 4.41. The second kappa shape index (κ2) is 10.2. The number of amides is 2. The van der Waals surface area contributed by atoms with Crippen molar-refractivity contribution in [3.05, 3.63) is 41.5 Å². The Morgan fingerprint density at radius 2 is 1.97 bits per heavy atom. The maximum atomic E-state index is 13.3. The van der Waals surface area contributed by atoms with E-state index in [9.17, 15) is 9.59 Å². The Morgan fingerprint density at radius 3 is 2.67 bits per heavy atom. The van der Waals surface area contributed by atoms with E-state index >= 15 is 0 Å². The summed E-state index contributed by atoms with van der Waals surface area (Å²) in [6.07, 6.45) is 6.89. The van der Waals surface area contributed by atoms with Gasteiger partial charge in [-0.1, -0.05) is 19.3 Å². The van der Waals surface area contributed by atoms with Gasteiger partial charge in [-0.25, -0.2) is 4.98 Å². The summed E-state index contributed by atoms with van der Waals surface area (Å²) in [6, 6.07) is 5.52. The number of hydrogen-bond donors (Lipinski definition) is 2. The number of carbonyl (C=O) groups is 2. The molecule has 1 aliphatic rings. The maximum Gasteiger partial charge on any atom is 0.253 e. The van der Waals surface area contributed by atoms with Gasteiger partial charge in [0.05, 0.1) is 41.8 Å². The van der Waals surface area contributed by atoms with E-state index in [-0.39, 0.29) is 17.7 Å². The van der Waals surface area contributed by atoms with Crippen molar-refractivity contribution >= 4 is 28.5 Å². The number of carbonyl (C=O) groups excluding carboxylic acids is 2. The minimum absolute atomic E-state index is 0.0168. The fraction of sp³-hybridized carbons (Fsp3) is 0.500. The highest BCUT2D eigenvalue weighted by Gasteiger charge is 2.23. The van der Waals surface area contributed by atoms with E-state index in [1.807, 2.05) is 30.7 Å². The Bertz CT molecular complexity index is 1120. The Hall–Kier alpha value is -3.20. The molecule has 2 heterocycles. The highest BCUT2D eigenvalue weighted by molar-refractivity contribution is 6.07. The number of imidazole rings is 1. The highest BCUT2D eigenvalue weighted by atomic mass is 16.5. The molecule has 1 aromatic carbocycles. The Kier molecular flexibility index (Phi) is 7.08. The molecule has 1 fully saturated rings. The molecule has 1 saturated carbocycles. The van der Waals surface area contributed by atoms with E-state index in [1.165, 1.54) is 6.42 Å². The third-order valence-electron chi connectivity index (χ3n) is 6.33. The summed E-state index contributed by atoms with van der Waals surface area (Å²) in [4.78, 5) is 30.6. The zero-order valence-electron chi connectivity index (χ0n) is 19.6. The molecule has 2 N–H and O–H groups in total. The number of hydrogen-bond acceptors (Lipinski definition) is 5. The van der Waals surface area contributed by atoms with E-state index in [1.54, 1.807) is 24.2 Å². The molecule has 0 aliphatic heterocycles. The first-order valence-corrected chi connectivity index (χ1v) is 11.5. The standard InChI is InChI=1S/C24H32N6O3/c1-16-11-19(28-29(16)2)14-25-24(32)20-12-18(27-23(31)17-7-5-4-6-8-17)13-21-22(20)30(15-26-21)9-10-33-3/h11-13,15,17H,4-10,14H2,1-3H3,(H,25,32)(H,27,31). The van der Waals surface area contributed by atoms with E-state index < -0.39 is 0 Å². The van der Waals surface area contributed by atoms with Crippen LogP contribution in [0.2, 0.25) is 0 Å². The van der Waals surface area contributed by atoms with Crippen LogP contribution < -0.4 is 10.6 Å². The van der Waals surface area contributed by atoms with Gasteiger partial charge in [-0.05, 0) is 38.0 Å². The van der Waals surface area contributed by atoms with Crippen LogP contribution in [0.1, 0.15) is 53.8 Å². The quantitative estimate of drug-likeness (QED) is 0.546. The first-order chi connectivity index (χ1) is 16.0. The summed E-state index contributed by atoms with van der Waals surface area (Å²) in [5.74, 6) is -0.196. The van der Waals surface area contributed by atoms with Crippen LogP contribution in [0.3, 0.4) is 0 Å². The molecule has 2 amide bonds. The van der Waals surface area contributed by atoms with Gasteiger partial charge in [0.2, 0.25) is 5.91 Å². The normalized spacial score (nSPS) is 14.5. The minimum Gasteiger partial charge on any atom is -0.383 e. The first kappa shape index (κ1) is 23.0. The molecule has 1 aliphatic carbocycles. The molecule has 0 bridgehead atoms. The molecule has 0 atom stereocenters. The molecule has 33 heavy (non-hydrogen) atoms. The zero-order valence-corrected chi connectivity index (χ0v) is 19.6. The lowest BCUT2D eigenvalue weighted by Crippen LogP contribution is -2.26. The molecule has 0 saturated heterocycles. The second-order valence-electron chi connectivity index (χ2n) is 8.73. The van der Waals surface area contributed by atoms with Crippen LogP contribution in [0.4, 0.5) is 5.69 Å². The largest absolute Gasteiger partial charge is 0.383 e. The fourth-order valence-corrected chi connectivity index (χ4v) is 4.41. The number of nitrogens with one attached hydrogen (secondary N) is 2. The van der Waals surface area contributed by atoms with E-state index in [0.717, 1.165) is 42.6 Å². The first-order valence-electron chi connectivity index (χ1n) is 11.5. The van der Waals surface area contributed by atoms with Crippen molar-refractivity contribution in [3.63, 3.8) is 0 Å². The molecular weight excluding hydrogens is 420 g/mol. The van der Waals surface area contributed by atoms with Crippen LogP contribution in [0.25, 0.3) is 11.0 Å². The van der Waals surface area contributed by atoms with Crippen molar-refractivity contribution in [2.75, 3.05) is 19.0 Å². The Labute approximate surface area is 193 Å². The lowest BCUT2D eigenvalue weighted by molar-refractivity contribution is -0.120. The number of fused-ring (bicyclic) bond motifs is 1. The van der Waals surface area contributed by atoms with Crippen molar-refractivity contribution in [1.29, 1.82) is 0 Å². The molecule has 176 valence electrons. The minimum atomic E-state index is -0.240. The number of methoxy groups -OCH3 is 1. The van der Waals surface area contributed by atoms with E-state index in [0.29, 0.717) is 36.5 Å². The smallest absolute Gasteiger partial charge is 0.253 e. The van der Waals surface area contributed by atoms with Crippen LogP contribution in [-0.2, 0) is 29.7 Å². The molecule has 4 rings (SSSR count). The lowest BCUT2D eigenvalue weighted by atomic mass is 9.88. The van der Waals surface area contributed by atoms with Crippen LogP contribution in [-0.4, -0.2) is 44.9 Å². The van der Waals surface area contributed by atoms with Gasteiger partial charge in [0, 0.05) is 38.0 Å². The summed E-state index contributed by atoms with van der Waals surface area (Å²) in [6.45, 7) is 3.35. The zero-order chi connectivity index (χ0) is 23.4. The van der Waals surface area contributed by atoms with Crippen molar-refractivity contribution in [1.82, 2.24) is 24.6 Å². The summed E-state index contributed by atoms with van der Waals surface area (Å²) in [5, 5.41) is 10.4. The van der Waals surface area contributed by atoms with Crippen LogP contribution in [0.15, 0.2) is 24.5 Å². The average molecular weight is 453 g/mol. The molecule has 9 heteroatoms. The van der Waals surface area contributed by atoms with Crippen LogP contribution in [0.5, 0.6) is 0 Å². The average Bonchev–Trinajstić information content (AvgIpc) is 3.38. The van der Waals surface area contributed by atoms with Gasteiger partial charge < -0.3 is 19.9 Å². The predicted octanol–water partition coefficient (Wildman–Crippen LogP) is 3.17. The summed E-state index contributed by atoms with van der Waals surface area (Å²) in [5.41, 5.74) is 4.24. The maximum absolute atomic E-state index is 13.3. The third kappa shape index (κ3) is 5.24. The number of rotatable bonds is 8. The number of ether oxygens (including phenoxy) is 1. The van der Waals surface area contributed by atoms with Gasteiger partial charge in [0.25, 0.3) is 5.91 Å². The second-order valence-corrected chi connectivity index (χ2v) is 8.73. The third-order valence-corrected chi connectivity index (χ3v) is 6.33. The molecule has 9 nitrogen and oxygen atoms in total. The Balaban J connectivity index is 1.61. The van der Waals surface area contributed by atoms with Gasteiger partial charge >= 0.3 is 0 Å². The van der Waals surface area contributed by atoms with E-state index in [2.05, 4.69) is 20.7 Å². The summed E-state index contributed by atoms with van der Waals surface area (Å²) < 4.78 is 8.90. The van der Waals surface area contributed by atoms with Crippen molar-refractivity contribution in [2.24, 2.45) is 13.0 Å². The monoisotopic (exact) mass is 452 g/mol. The summed E-state index contributed by atoms with van der Waals surface area (Å²) in [7, 11) is 3.51. The SMILES string of the molecule is COCCn1cnc2cc(NC(=O)C3CCCCC3)cc(C(=O)NCc3cc(C)n(C)n3)c21. The lowest BCUT2D eigenvalue weighted by Gasteiger charge is -2.21. The van der Waals surface area contributed by atoms with E-state index in [4.69, 9.17) is 4.74 Å². The molecular formula is C24H32N6O3. The van der Waals surface area contributed by atoms with Gasteiger partial charge in [-0.15, -0.1) is 0 Å². The Morgan fingerprint density at radius 1 is 1.18 bits per heavy atom. The van der Waals surface area contributed by atoms with Crippen molar-refractivity contribution in [2.45, 2.75) is 52.1 Å². The van der Waals surface area contributed by atoms with Gasteiger partial charge in [-0.3, -0.25) is 14.3 Å². The summed E-state index contributed by atoms with van der Waals surface area (Å²) >= 11 is 0. The van der Waals surface area contributed by atoms with Crippen molar-refractivity contribution in [3.8, 4) is 0 Å². The predicted molar refractivity (Wildman–Crippen MR) is 126 cm³/mol. The molecule has 3 aromatic rings. The van der Waals surface area contributed by atoms with Gasteiger partial charge in [0.1, 0.15) is 0 Å². The van der Waals surface area contributed by atoms with Crippen LogP contribution in [0, 0.1) is 12.8 Å². The van der Waals surface area contributed by atoms with Gasteiger partial charge in [-0.2, -0.15) is 5.10 Å². The van der Waals surface area contributed by atoms with Crippen molar-refractivity contribution < 1.29 is 14.3 Å². The topological polar surface area (TPSA) is 103 Å². The highest BCUT2D eigenvalue weighted by Crippen LogP contribution is 2.27. The number of benzene rings is 1. The molecule has 0 radical (unpaired) electrons. The molecule has 2 aromatic heterocycles. The molecule has 0 unspecified atom stereocenters. The molecule has 0 spiro atoms.